The van der Waals surface area contributed by atoms with E-state index in [4.69, 9.17) is 11.6 Å². The number of benzene rings is 2. The van der Waals surface area contributed by atoms with Crippen molar-refractivity contribution in [2.45, 2.75) is 35.6 Å². The van der Waals surface area contributed by atoms with Crippen LogP contribution in [-0.2, 0) is 26.1 Å². The van der Waals surface area contributed by atoms with Crippen molar-refractivity contribution < 1.29 is 16.8 Å². The third-order valence-electron chi connectivity index (χ3n) is 5.81. The lowest BCUT2D eigenvalue weighted by Gasteiger charge is -2.28. The molecular weight excluding hydrogens is 456 g/mol. The lowest BCUT2D eigenvalue weighted by atomic mass is 10.0. The number of aryl methyl sites for hydroxylation is 1. The largest absolute Gasteiger partial charge is 0.310 e. The van der Waals surface area contributed by atoms with Gasteiger partial charge >= 0.3 is 0 Å². The fraction of sp³-hybridized carbons (Fsp3) is 0.455. The first kappa shape index (κ1) is 24.2. The number of likely N-dealkylation sites (N-methyl/N-ethyl adjacent to an activating group) is 1. The van der Waals surface area contributed by atoms with Crippen molar-refractivity contribution >= 4 is 31.3 Å². The number of nitrogens with one attached hydrogen (secondary N) is 1. The molecule has 1 N–H and O–H groups in total. The van der Waals surface area contributed by atoms with Gasteiger partial charge in [-0.05, 0) is 55.9 Å². The van der Waals surface area contributed by atoms with Crippen LogP contribution in [0.1, 0.15) is 24.1 Å². The predicted octanol–water partition coefficient (Wildman–Crippen LogP) is 2.73. The standard InChI is InChI=1S/C22H29ClN2O4S2/c1-4-16-5-7-17(8-6-16)21(25(2)3)13-24-20-14-30(26,27)15-22(20)31(28,29)19-11-9-18(23)10-12-19/h5-12,20-22,24H,4,13-15H2,1-3H3/t20-,21?,22-/m0/s1. The zero-order valence-electron chi connectivity index (χ0n) is 18.0. The molecule has 0 spiro atoms. The van der Waals surface area contributed by atoms with E-state index < -0.39 is 31.0 Å². The van der Waals surface area contributed by atoms with E-state index in [1.807, 2.05) is 19.0 Å². The Balaban J connectivity index is 1.82. The third kappa shape index (κ3) is 5.68. The van der Waals surface area contributed by atoms with Gasteiger partial charge in [0, 0.05) is 23.7 Å². The number of halogens is 1. The summed E-state index contributed by atoms with van der Waals surface area (Å²) in [5, 5.41) is 2.65. The highest BCUT2D eigenvalue weighted by molar-refractivity contribution is 7.96. The van der Waals surface area contributed by atoms with Crippen molar-refractivity contribution in [3.05, 3.63) is 64.7 Å². The molecule has 170 valence electrons. The molecule has 1 aliphatic heterocycles. The summed E-state index contributed by atoms with van der Waals surface area (Å²) in [6.07, 6.45) is 0.954. The van der Waals surface area contributed by atoms with E-state index in [0.717, 1.165) is 12.0 Å². The zero-order chi connectivity index (χ0) is 22.8. The van der Waals surface area contributed by atoms with Crippen molar-refractivity contribution in [1.82, 2.24) is 10.2 Å². The Morgan fingerprint density at radius 2 is 1.68 bits per heavy atom. The van der Waals surface area contributed by atoms with Gasteiger partial charge in [-0.25, -0.2) is 16.8 Å². The molecule has 1 aliphatic rings. The van der Waals surface area contributed by atoms with Crippen LogP contribution in [0.25, 0.3) is 0 Å². The Bertz CT molecular complexity index is 1100. The van der Waals surface area contributed by atoms with Crippen LogP contribution in [0.5, 0.6) is 0 Å². The predicted molar refractivity (Wildman–Crippen MR) is 125 cm³/mol. The van der Waals surface area contributed by atoms with Crippen LogP contribution in [0.2, 0.25) is 5.02 Å². The second-order valence-corrected chi connectivity index (χ2v) is 13.0. The number of hydrogen-bond donors (Lipinski definition) is 1. The van der Waals surface area contributed by atoms with Crippen molar-refractivity contribution in [3.8, 4) is 0 Å². The van der Waals surface area contributed by atoms with Gasteiger partial charge in [0.2, 0.25) is 0 Å². The maximum Gasteiger partial charge on any atom is 0.183 e. The van der Waals surface area contributed by atoms with E-state index in [9.17, 15) is 16.8 Å². The van der Waals surface area contributed by atoms with Crippen molar-refractivity contribution in [2.24, 2.45) is 0 Å². The van der Waals surface area contributed by atoms with Gasteiger partial charge in [-0.2, -0.15) is 0 Å². The minimum Gasteiger partial charge on any atom is -0.310 e. The highest BCUT2D eigenvalue weighted by atomic mass is 35.5. The maximum absolute atomic E-state index is 13.2. The fourth-order valence-electron chi connectivity index (χ4n) is 3.95. The molecule has 0 aliphatic carbocycles. The molecule has 0 bridgehead atoms. The van der Waals surface area contributed by atoms with Gasteiger partial charge in [-0.15, -0.1) is 0 Å². The molecule has 2 aromatic carbocycles. The van der Waals surface area contributed by atoms with Crippen LogP contribution in [0.4, 0.5) is 0 Å². The summed E-state index contributed by atoms with van der Waals surface area (Å²) in [6.45, 7) is 2.53. The molecule has 31 heavy (non-hydrogen) atoms. The molecule has 0 amide bonds. The zero-order valence-corrected chi connectivity index (χ0v) is 20.3. The van der Waals surface area contributed by atoms with Gasteiger partial charge in [-0.3, -0.25) is 0 Å². The molecule has 1 saturated heterocycles. The Labute approximate surface area is 190 Å². The SMILES string of the molecule is CCc1ccc(C(CN[C@H]2CS(=O)(=O)C[C@@H]2S(=O)(=O)c2ccc(Cl)cc2)N(C)C)cc1. The Morgan fingerprint density at radius 3 is 2.23 bits per heavy atom. The molecule has 1 unspecified atom stereocenters. The van der Waals surface area contributed by atoms with Gasteiger partial charge in [-0.1, -0.05) is 42.8 Å². The van der Waals surface area contributed by atoms with Gasteiger partial charge in [0.25, 0.3) is 0 Å². The van der Waals surface area contributed by atoms with Crippen molar-refractivity contribution in [3.63, 3.8) is 0 Å². The molecule has 0 aromatic heterocycles. The van der Waals surface area contributed by atoms with Crippen molar-refractivity contribution in [2.75, 3.05) is 32.1 Å². The highest BCUT2D eigenvalue weighted by Crippen LogP contribution is 2.28. The van der Waals surface area contributed by atoms with E-state index in [0.29, 0.717) is 11.6 Å². The first-order valence-corrected chi connectivity index (χ1v) is 14.0. The van der Waals surface area contributed by atoms with Crippen LogP contribution in [0, 0.1) is 0 Å². The van der Waals surface area contributed by atoms with Crippen LogP contribution in [0.3, 0.4) is 0 Å². The van der Waals surface area contributed by atoms with Gasteiger partial charge in [0.05, 0.1) is 21.7 Å². The van der Waals surface area contributed by atoms with E-state index in [-0.39, 0.29) is 22.4 Å². The molecule has 2 aromatic rings. The summed E-state index contributed by atoms with van der Waals surface area (Å²) in [4.78, 5) is 2.13. The Kier molecular flexibility index (Phi) is 7.48. The monoisotopic (exact) mass is 484 g/mol. The summed E-state index contributed by atoms with van der Waals surface area (Å²) in [7, 11) is -3.39. The lowest BCUT2D eigenvalue weighted by molar-refractivity contribution is 0.282. The first-order chi connectivity index (χ1) is 14.5. The summed E-state index contributed by atoms with van der Waals surface area (Å²) in [5.41, 5.74) is 2.33. The van der Waals surface area contributed by atoms with Gasteiger partial charge in [0.15, 0.2) is 19.7 Å². The van der Waals surface area contributed by atoms with Crippen molar-refractivity contribution in [1.29, 1.82) is 0 Å². The Hall–Kier alpha value is -1.45. The molecule has 9 heteroatoms. The number of rotatable bonds is 8. The summed E-state index contributed by atoms with van der Waals surface area (Å²) < 4.78 is 51.1. The van der Waals surface area contributed by atoms with Crippen LogP contribution in [0.15, 0.2) is 53.4 Å². The average molecular weight is 485 g/mol. The third-order valence-corrected chi connectivity index (χ3v) is 10.2. The van der Waals surface area contributed by atoms with Crippen LogP contribution < -0.4 is 5.32 Å². The number of nitrogens with zero attached hydrogens (tertiary/aromatic N) is 1. The van der Waals surface area contributed by atoms with Crippen LogP contribution in [-0.4, -0.2) is 65.2 Å². The maximum atomic E-state index is 13.2. The average Bonchev–Trinajstić information content (AvgIpc) is 3.04. The topological polar surface area (TPSA) is 83.5 Å². The quantitative estimate of drug-likeness (QED) is 0.620. The second-order valence-electron chi connectivity index (χ2n) is 8.20. The smallest absolute Gasteiger partial charge is 0.183 e. The minimum atomic E-state index is -3.83. The molecule has 3 rings (SSSR count). The number of hydrogen-bond acceptors (Lipinski definition) is 6. The summed E-state index contributed by atoms with van der Waals surface area (Å²) in [6, 6.07) is 13.5. The van der Waals surface area contributed by atoms with Crippen LogP contribution >= 0.6 is 11.6 Å². The molecule has 1 fully saturated rings. The first-order valence-electron chi connectivity index (χ1n) is 10.2. The van der Waals surface area contributed by atoms with E-state index in [1.165, 1.54) is 29.8 Å². The second kappa shape index (κ2) is 9.58. The molecule has 6 nitrogen and oxygen atoms in total. The molecular formula is C22H29ClN2O4S2. The highest BCUT2D eigenvalue weighted by Gasteiger charge is 2.45. The Morgan fingerprint density at radius 1 is 1.06 bits per heavy atom. The lowest BCUT2D eigenvalue weighted by Crippen LogP contribution is -2.46. The van der Waals surface area contributed by atoms with E-state index >= 15 is 0 Å². The van der Waals surface area contributed by atoms with Gasteiger partial charge < -0.3 is 10.2 Å². The van der Waals surface area contributed by atoms with E-state index in [2.05, 4.69) is 36.5 Å². The van der Waals surface area contributed by atoms with Gasteiger partial charge in [0.1, 0.15) is 0 Å². The van der Waals surface area contributed by atoms with E-state index in [1.54, 1.807) is 0 Å². The molecule has 1 heterocycles. The number of sulfone groups is 2. The summed E-state index contributed by atoms with van der Waals surface area (Å²) in [5.74, 6) is -0.577. The fourth-order valence-corrected chi connectivity index (χ4v) is 8.79. The normalized spacial score (nSPS) is 22.0. The molecule has 3 atom stereocenters. The molecule has 0 saturated carbocycles. The minimum absolute atomic E-state index is 0.0203. The summed E-state index contributed by atoms with van der Waals surface area (Å²) >= 11 is 5.88. The molecule has 0 radical (unpaired) electrons.